The normalized spacial score (nSPS) is 10.6. The second-order valence-electron chi connectivity index (χ2n) is 7.03. The Morgan fingerprint density at radius 1 is 0.971 bits per heavy atom. The Balaban J connectivity index is 1.56. The van der Waals surface area contributed by atoms with Crippen LogP contribution >= 0.6 is 23.2 Å². The molecule has 0 atom stereocenters. The van der Waals surface area contributed by atoms with Gasteiger partial charge in [0.1, 0.15) is 12.4 Å². The zero-order valence-electron chi connectivity index (χ0n) is 17.5. The lowest BCUT2D eigenvalue weighted by Gasteiger charge is -2.15. The van der Waals surface area contributed by atoms with E-state index in [1.807, 2.05) is 0 Å². The number of carbonyl (C=O) groups is 2. The average Bonchev–Trinajstić information content (AvgIpc) is 2.84. The van der Waals surface area contributed by atoms with E-state index in [1.165, 1.54) is 6.07 Å². The van der Waals surface area contributed by atoms with E-state index >= 15 is 0 Å². The third kappa shape index (κ3) is 5.36. The fourth-order valence-corrected chi connectivity index (χ4v) is 3.53. The summed E-state index contributed by atoms with van der Waals surface area (Å²) in [5.74, 6) is -0.962. The van der Waals surface area contributed by atoms with Crippen molar-refractivity contribution in [3.8, 4) is 5.75 Å². The quantitative estimate of drug-likeness (QED) is 0.384. The molecule has 0 spiro atoms. The molecule has 1 N–H and O–H groups in total. The van der Waals surface area contributed by atoms with Crippen LogP contribution < -0.4 is 15.7 Å². The lowest BCUT2D eigenvalue weighted by atomic mass is 10.2. The molecule has 0 fully saturated rings. The van der Waals surface area contributed by atoms with Gasteiger partial charge in [-0.3, -0.25) is 15.0 Å². The number of amides is 1. The van der Waals surface area contributed by atoms with Crippen LogP contribution in [0, 0.1) is 0 Å². The fourth-order valence-electron chi connectivity index (χ4n) is 3.07. The number of hydrogen-bond donors (Lipinski definition) is 1. The van der Waals surface area contributed by atoms with Crippen LogP contribution in [0.4, 0.5) is 0 Å². The van der Waals surface area contributed by atoms with Crippen LogP contribution in [0.5, 0.6) is 5.75 Å². The molecule has 4 aromatic rings. The van der Waals surface area contributed by atoms with Gasteiger partial charge in [-0.05, 0) is 42.5 Å². The smallest absolute Gasteiger partial charge is 0.338 e. The Morgan fingerprint density at radius 2 is 1.71 bits per heavy atom. The summed E-state index contributed by atoms with van der Waals surface area (Å²) in [6.45, 7) is -0.790. The van der Waals surface area contributed by atoms with Crippen LogP contribution in [0.2, 0.25) is 10.0 Å². The lowest BCUT2D eigenvalue weighted by molar-refractivity contribution is -0.120. The van der Waals surface area contributed by atoms with Crippen LogP contribution in [0.25, 0.3) is 10.9 Å². The minimum absolute atomic E-state index is 0.109. The Kier molecular flexibility index (Phi) is 7.10. The number of nitrogens with zero attached hydrogens (tertiary/aromatic N) is 2. The highest BCUT2D eigenvalue weighted by Gasteiger charge is 2.16. The predicted molar refractivity (Wildman–Crippen MR) is 128 cm³/mol. The summed E-state index contributed by atoms with van der Waals surface area (Å²) in [6.07, 6.45) is 0. The molecular formula is C24H17Cl2N3O5. The van der Waals surface area contributed by atoms with Gasteiger partial charge < -0.3 is 9.47 Å². The zero-order chi connectivity index (χ0) is 24.1. The lowest BCUT2D eigenvalue weighted by Crippen LogP contribution is -2.38. The van der Waals surface area contributed by atoms with E-state index in [9.17, 15) is 14.4 Å². The number of fused-ring (bicyclic) bond motifs is 1. The van der Waals surface area contributed by atoms with Crippen LogP contribution in [0.15, 0.2) is 77.6 Å². The number of para-hydroxylation sites is 1. The summed E-state index contributed by atoms with van der Waals surface area (Å²) in [5, 5.41) is 1.01. The summed E-state index contributed by atoms with van der Waals surface area (Å²) in [6, 6.07) is 19.6. The molecule has 0 aliphatic heterocycles. The van der Waals surface area contributed by atoms with Gasteiger partial charge in [0.25, 0.3) is 11.5 Å². The summed E-state index contributed by atoms with van der Waals surface area (Å²) in [5.41, 5.74) is 2.63. The second-order valence-corrected chi connectivity index (χ2v) is 7.87. The molecule has 0 radical (unpaired) electrons. The highest BCUT2D eigenvalue weighted by molar-refractivity contribution is 6.35. The van der Waals surface area contributed by atoms with Crippen LogP contribution in [-0.4, -0.2) is 28.1 Å². The van der Waals surface area contributed by atoms with Gasteiger partial charge in [-0.2, -0.15) is 4.68 Å². The van der Waals surface area contributed by atoms with E-state index in [0.717, 1.165) is 4.68 Å². The number of benzene rings is 3. The number of rotatable bonds is 7. The van der Waals surface area contributed by atoms with Gasteiger partial charge in [0, 0.05) is 5.02 Å². The van der Waals surface area contributed by atoms with Crippen molar-refractivity contribution < 1.29 is 19.1 Å². The predicted octanol–water partition coefficient (Wildman–Crippen LogP) is 4.21. The highest BCUT2D eigenvalue weighted by Crippen LogP contribution is 2.28. The SMILES string of the molecule is O=C(COC(=O)c1ccccc1)Nn1c(COc2ccc(Cl)cc2Cl)nc2ccccc2c1=O. The van der Waals surface area contributed by atoms with E-state index in [1.54, 1.807) is 66.7 Å². The monoisotopic (exact) mass is 497 g/mol. The molecule has 1 aromatic heterocycles. The van der Waals surface area contributed by atoms with E-state index in [4.69, 9.17) is 32.7 Å². The number of carbonyl (C=O) groups excluding carboxylic acids is 2. The van der Waals surface area contributed by atoms with Gasteiger partial charge in [0.2, 0.25) is 0 Å². The van der Waals surface area contributed by atoms with Gasteiger partial charge >= 0.3 is 5.97 Å². The maximum atomic E-state index is 13.1. The first kappa shape index (κ1) is 23.3. The molecule has 0 bridgehead atoms. The number of nitrogens with one attached hydrogen (secondary N) is 1. The molecule has 0 saturated carbocycles. The molecular weight excluding hydrogens is 481 g/mol. The molecule has 4 rings (SSSR count). The van der Waals surface area contributed by atoms with Gasteiger partial charge in [-0.15, -0.1) is 0 Å². The minimum atomic E-state index is -0.728. The largest absolute Gasteiger partial charge is 0.484 e. The molecule has 1 heterocycles. The topological polar surface area (TPSA) is 99.5 Å². The van der Waals surface area contributed by atoms with Crippen LogP contribution in [-0.2, 0) is 16.1 Å². The van der Waals surface area contributed by atoms with Crippen molar-refractivity contribution in [2.24, 2.45) is 0 Å². The van der Waals surface area contributed by atoms with E-state index < -0.39 is 24.0 Å². The van der Waals surface area contributed by atoms with Crippen LogP contribution in [0.3, 0.4) is 0 Å². The number of halogens is 2. The summed E-state index contributed by atoms with van der Waals surface area (Å²) >= 11 is 12.1. The first-order valence-corrected chi connectivity index (χ1v) is 10.8. The minimum Gasteiger partial charge on any atom is -0.484 e. The molecule has 0 aliphatic rings. The van der Waals surface area contributed by atoms with Gasteiger partial charge in [-0.1, -0.05) is 53.5 Å². The van der Waals surface area contributed by atoms with Crippen molar-refractivity contribution in [3.63, 3.8) is 0 Å². The standard InChI is InChI=1S/C24H17Cl2N3O5/c25-16-10-11-20(18(26)12-16)33-13-21-27-19-9-5-4-8-17(19)23(31)29(21)28-22(30)14-34-24(32)15-6-2-1-3-7-15/h1-12H,13-14H2,(H,28,30). The Morgan fingerprint density at radius 3 is 2.47 bits per heavy atom. The van der Waals surface area contributed by atoms with Gasteiger partial charge in [0.05, 0.1) is 21.5 Å². The molecule has 0 saturated heterocycles. The Hall–Kier alpha value is -3.88. The molecule has 8 nitrogen and oxygen atoms in total. The van der Waals surface area contributed by atoms with Crippen molar-refractivity contribution in [2.45, 2.75) is 6.61 Å². The van der Waals surface area contributed by atoms with Gasteiger partial charge in [-0.25, -0.2) is 9.78 Å². The average molecular weight is 498 g/mol. The highest BCUT2D eigenvalue weighted by atomic mass is 35.5. The summed E-state index contributed by atoms with van der Waals surface area (Å²) in [4.78, 5) is 42.1. The van der Waals surface area contributed by atoms with Gasteiger partial charge in [0.15, 0.2) is 12.4 Å². The number of aromatic nitrogens is 2. The molecule has 1 amide bonds. The van der Waals surface area contributed by atoms with Crippen molar-refractivity contribution in [2.75, 3.05) is 12.0 Å². The van der Waals surface area contributed by atoms with E-state index in [2.05, 4.69) is 10.4 Å². The molecule has 10 heteroatoms. The molecule has 34 heavy (non-hydrogen) atoms. The Labute approximate surface area is 203 Å². The van der Waals surface area contributed by atoms with E-state index in [0.29, 0.717) is 21.9 Å². The maximum absolute atomic E-state index is 13.1. The fraction of sp³-hybridized carbons (Fsp3) is 0.0833. The number of esters is 1. The maximum Gasteiger partial charge on any atom is 0.338 e. The molecule has 172 valence electrons. The second kappa shape index (κ2) is 10.4. The first-order valence-electron chi connectivity index (χ1n) is 10.0. The summed E-state index contributed by atoms with van der Waals surface area (Å²) in [7, 11) is 0. The Bertz CT molecular complexity index is 1420. The van der Waals surface area contributed by atoms with E-state index in [-0.39, 0.29) is 22.8 Å². The van der Waals surface area contributed by atoms with Crippen molar-refractivity contribution >= 4 is 46.0 Å². The number of hydrogen-bond acceptors (Lipinski definition) is 6. The van der Waals surface area contributed by atoms with Crippen molar-refractivity contribution in [3.05, 3.63) is 105 Å². The molecule has 0 aliphatic carbocycles. The van der Waals surface area contributed by atoms with Crippen molar-refractivity contribution in [1.82, 2.24) is 9.66 Å². The molecule has 0 unspecified atom stereocenters. The summed E-state index contributed by atoms with van der Waals surface area (Å²) < 4.78 is 11.7. The first-order chi connectivity index (χ1) is 16.4. The third-order valence-electron chi connectivity index (χ3n) is 4.68. The molecule has 3 aromatic carbocycles. The van der Waals surface area contributed by atoms with Crippen molar-refractivity contribution in [1.29, 1.82) is 0 Å². The zero-order valence-corrected chi connectivity index (χ0v) is 19.0. The number of ether oxygens (including phenoxy) is 2. The van der Waals surface area contributed by atoms with Crippen LogP contribution in [0.1, 0.15) is 16.2 Å². The third-order valence-corrected chi connectivity index (χ3v) is 5.21.